The van der Waals surface area contributed by atoms with Crippen molar-refractivity contribution in [2.24, 2.45) is 0 Å². The average Bonchev–Trinajstić information content (AvgIpc) is 2.37. The quantitative estimate of drug-likeness (QED) is 0.284. The SMILES string of the molecule is CC[PH+](CC)CC.CC[PH+](CC)CC.[CH2-]Br.[Pd]. The zero-order chi connectivity index (χ0) is 13.4. The average molecular weight is 439 g/mol. The van der Waals surface area contributed by atoms with Crippen LogP contribution in [-0.4, -0.2) is 37.0 Å². The summed E-state index contributed by atoms with van der Waals surface area (Å²) in [6.07, 6.45) is 8.74. The molecule has 0 aromatic rings. The Bertz CT molecular complexity index is 74.4. The van der Waals surface area contributed by atoms with Crippen molar-refractivity contribution in [3.05, 3.63) is 5.83 Å². The molecule has 17 heavy (non-hydrogen) atoms. The minimum absolute atomic E-state index is 0. The summed E-state index contributed by atoms with van der Waals surface area (Å²) in [5.74, 6) is 3.06. The first-order chi connectivity index (χ1) is 7.69. The first kappa shape index (κ1) is 27.4. The van der Waals surface area contributed by atoms with E-state index >= 15 is 0 Å². The van der Waals surface area contributed by atoms with E-state index in [9.17, 15) is 0 Å². The second-order valence-electron chi connectivity index (χ2n) is 3.62. The van der Waals surface area contributed by atoms with Crippen LogP contribution in [0.2, 0.25) is 0 Å². The largest absolute Gasteiger partial charge is 0.323 e. The molecule has 0 nitrogen and oxygen atoms in total. The van der Waals surface area contributed by atoms with Crippen molar-refractivity contribution >= 4 is 31.8 Å². The van der Waals surface area contributed by atoms with E-state index in [-0.39, 0.29) is 36.3 Å². The molecule has 0 aliphatic heterocycles. The van der Waals surface area contributed by atoms with Gasteiger partial charge < -0.3 is 15.9 Å². The molecule has 0 saturated heterocycles. The van der Waals surface area contributed by atoms with E-state index in [1.165, 1.54) is 37.0 Å². The van der Waals surface area contributed by atoms with Crippen molar-refractivity contribution < 1.29 is 20.4 Å². The third kappa shape index (κ3) is 23.5. The summed E-state index contributed by atoms with van der Waals surface area (Å²) in [6, 6.07) is 0. The molecule has 112 valence electrons. The fourth-order valence-corrected chi connectivity index (χ4v) is 4.50. The van der Waals surface area contributed by atoms with Crippen molar-refractivity contribution in [1.29, 1.82) is 0 Å². The Labute approximate surface area is 136 Å². The summed E-state index contributed by atoms with van der Waals surface area (Å²) in [6.45, 7) is 13.8. The molecule has 0 radical (unpaired) electrons. The number of hydrogen-bond donors (Lipinski definition) is 0. The number of halogens is 1. The molecule has 0 unspecified atom stereocenters. The second-order valence-corrected chi connectivity index (χ2v) is 10.9. The van der Waals surface area contributed by atoms with Gasteiger partial charge in [-0.05, 0) is 57.4 Å². The van der Waals surface area contributed by atoms with E-state index in [1.807, 2.05) is 0 Å². The molecule has 0 aromatic carbocycles. The normalized spacial score (nSPS) is 8.82. The van der Waals surface area contributed by atoms with Gasteiger partial charge in [0, 0.05) is 20.4 Å². The van der Waals surface area contributed by atoms with Crippen LogP contribution in [0.1, 0.15) is 41.5 Å². The van der Waals surface area contributed by atoms with Crippen LogP contribution in [0.3, 0.4) is 0 Å². The van der Waals surface area contributed by atoms with Crippen molar-refractivity contribution in [3.8, 4) is 0 Å². The smallest absolute Gasteiger partial charge is 0.0543 e. The first-order valence-corrected chi connectivity index (χ1v) is 12.0. The van der Waals surface area contributed by atoms with Crippen LogP contribution < -0.4 is 0 Å². The molecule has 4 heteroatoms. The maximum absolute atomic E-state index is 3.06. The maximum Gasteiger partial charge on any atom is 0.0543 e. The van der Waals surface area contributed by atoms with E-state index in [1.54, 1.807) is 0 Å². The van der Waals surface area contributed by atoms with Gasteiger partial charge in [0.2, 0.25) is 0 Å². The van der Waals surface area contributed by atoms with Crippen LogP contribution in [0.4, 0.5) is 0 Å². The Morgan fingerprint density at radius 2 is 0.706 bits per heavy atom. The molecule has 0 atom stereocenters. The zero-order valence-corrected chi connectivity index (χ0v) is 17.8. The summed E-state index contributed by atoms with van der Waals surface area (Å²) < 4.78 is 0. The van der Waals surface area contributed by atoms with Crippen molar-refractivity contribution in [2.75, 3.05) is 37.0 Å². The molecule has 0 spiro atoms. The number of rotatable bonds is 6. The van der Waals surface area contributed by atoms with Crippen molar-refractivity contribution in [2.45, 2.75) is 41.5 Å². The van der Waals surface area contributed by atoms with Gasteiger partial charge in [-0.2, -0.15) is 0 Å². The zero-order valence-electron chi connectivity index (χ0n) is 12.6. The van der Waals surface area contributed by atoms with E-state index in [2.05, 4.69) is 63.3 Å². The summed E-state index contributed by atoms with van der Waals surface area (Å²) in [7, 11) is 0.275. The van der Waals surface area contributed by atoms with Crippen LogP contribution in [0, 0.1) is 5.83 Å². The molecule has 0 aromatic heterocycles. The third-order valence-electron chi connectivity index (χ3n) is 3.00. The number of hydrogen-bond acceptors (Lipinski definition) is 0. The topological polar surface area (TPSA) is 0 Å². The molecule has 0 fully saturated rings. The summed E-state index contributed by atoms with van der Waals surface area (Å²) >= 11 is 2.69. The molecule has 0 saturated carbocycles. The molecule has 0 aliphatic carbocycles. The Hall–Kier alpha value is 2.00. The Morgan fingerprint density at radius 1 is 0.588 bits per heavy atom. The Balaban J connectivity index is -0.0000000823. The fraction of sp³-hybridized carbons (Fsp3) is 0.923. The van der Waals surface area contributed by atoms with E-state index in [0.29, 0.717) is 0 Å². The van der Waals surface area contributed by atoms with Crippen LogP contribution in [0.15, 0.2) is 0 Å². The monoisotopic (exact) mass is 437 g/mol. The maximum atomic E-state index is 3.06. The van der Waals surface area contributed by atoms with Crippen LogP contribution in [-0.2, 0) is 20.4 Å². The summed E-state index contributed by atoms with van der Waals surface area (Å²) in [5.41, 5.74) is 0. The molecule has 0 amide bonds. The van der Waals surface area contributed by atoms with Gasteiger partial charge in [-0.15, -0.1) is 0 Å². The first-order valence-electron chi connectivity index (χ1n) is 6.63. The Kier molecular flexibility index (Phi) is 42.7. The molecule has 0 N–H and O–H groups in total. The minimum atomic E-state index is 0. The molecule has 0 aliphatic rings. The fourth-order valence-electron chi connectivity index (χ4n) is 1.50. The predicted molar refractivity (Wildman–Crippen MR) is 94.2 cm³/mol. The summed E-state index contributed by atoms with van der Waals surface area (Å²) in [4.78, 5) is 0. The third-order valence-corrected chi connectivity index (χ3v) is 9.00. The van der Waals surface area contributed by atoms with E-state index < -0.39 is 0 Å². The van der Waals surface area contributed by atoms with Crippen LogP contribution >= 0.6 is 31.8 Å². The summed E-state index contributed by atoms with van der Waals surface area (Å²) in [5, 5.41) is 0. The molecular weight excluding hydrogens is 404 g/mol. The Morgan fingerprint density at radius 3 is 0.706 bits per heavy atom. The molecular formula is C13H34BrP2Pd+. The van der Waals surface area contributed by atoms with E-state index in [4.69, 9.17) is 0 Å². The van der Waals surface area contributed by atoms with Gasteiger partial charge in [0.25, 0.3) is 0 Å². The van der Waals surface area contributed by atoms with Gasteiger partial charge in [0.05, 0.1) is 37.0 Å². The standard InChI is InChI=1S/2C6H15P.CH2Br.Pd/c2*1-4-7(5-2)6-3;1-2;/h2*4-6H2,1-3H3;1H2;/q;;-1;/p+2. The molecule has 0 rings (SSSR count). The van der Waals surface area contributed by atoms with Crippen LogP contribution in [0.25, 0.3) is 0 Å². The van der Waals surface area contributed by atoms with Gasteiger partial charge in [-0.1, -0.05) is 0 Å². The minimum Gasteiger partial charge on any atom is -0.323 e. The van der Waals surface area contributed by atoms with Gasteiger partial charge in [0.1, 0.15) is 0 Å². The molecule has 0 bridgehead atoms. The van der Waals surface area contributed by atoms with Crippen molar-refractivity contribution in [3.63, 3.8) is 0 Å². The molecule has 0 heterocycles. The second kappa shape index (κ2) is 26.5. The van der Waals surface area contributed by atoms with Gasteiger partial charge in [-0.3, -0.25) is 5.83 Å². The predicted octanol–water partition coefficient (Wildman–Crippen LogP) is 5.69. The van der Waals surface area contributed by atoms with Crippen LogP contribution in [0.5, 0.6) is 0 Å². The van der Waals surface area contributed by atoms with Gasteiger partial charge in [0.15, 0.2) is 0 Å². The van der Waals surface area contributed by atoms with Crippen molar-refractivity contribution in [1.82, 2.24) is 0 Å². The van der Waals surface area contributed by atoms with Gasteiger partial charge >= 0.3 is 0 Å². The van der Waals surface area contributed by atoms with E-state index in [0.717, 1.165) is 0 Å². The van der Waals surface area contributed by atoms with Gasteiger partial charge in [-0.25, -0.2) is 0 Å².